The van der Waals surface area contributed by atoms with Crippen molar-refractivity contribution >= 4 is 45.8 Å². The lowest BCUT2D eigenvalue weighted by molar-refractivity contribution is 0.0630. The average Bonchev–Trinajstić information content (AvgIpc) is 3.63. The van der Waals surface area contributed by atoms with E-state index in [4.69, 9.17) is 0 Å². The molecule has 0 aliphatic heterocycles. The first kappa shape index (κ1) is 24.4. The van der Waals surface area contributed by atoms with E-state index in [9.17, 15) is 14.7 Å². The third-order valence-corrected chi connectivity index (χ3v) is 6.93. The summed E-state index contributed by atoms with van der Waals surface area (Å²) in [5.74, 6) is -0.136. The van der Waals surface area contributed by atoms with Gasteiger partial charge in [-0.3, -0.25) is 14.9 Å². The summed E-state index contributed by atoms with van der Waals surface area (Å²) in [5, 5.41) is 13.5. The van der Waals surface area contributed by atoms with Gasteiger partial charge in [0.1, 0.15) is 0 Å². The van der Waals surface area contributed by atoms with Crippen molar-refractivity contribution in [1.29, 1.82) is 0 Å². The van der Waals surface area contributed by atoms with Crippen LogP contribution in [0, 0.1) is 0 Å². The summed E-state index contributed by atoms with van der Waals surface area (Å²) in [4.78, 5) is 40.7. The van der Waals surface area contributed by atoms with Crippen LogP contribution in [-0.2, 0) is 6.54 Å². The Labute approximate surface area is 217 Å². The van der Waals surface area contributed by atoms with E-state index in [1.54, 1.807) is 67.2 Å². The van der Waals surface area contributed by atoms with Crippen molar-refractivity contribution in [2.45, 2.75) is 26.0 Å². The van der Waals surface area contributed by atoms with Crippen LogP contribution >= 0.6 is 11.3 Å². The minimum atomic E-state index is -1.05. The van der Waals surface area contributed by atoms with Gasteiger partial charge in [0, 0.05) is 18.3 Å². The number of thiophene rings is 1. The summed E-state index contributed by atoms with van der Waals surface area (Å²) in [6.07, 6.45) is 3.29. The Balaban J connectivity index is 1.46. The van der Waals surface area contributed by atoms with Gasteiger partial charge in [-0.2, -0.15) is 0 Å². The number of amides is 2. The monoisotopic (exact) mass is 514 g/mol. The van der Waals surface area contributed by atoms with Crippen molar-refractivity contribution in [3.63, 3.8) is 0 Å². The zero-order valence-electron chi connectivity index (χ0n) is 20.6. The fraction of sp³-hybridized carbons (Fsp3) is 0.185. The van der Waals surface area contributed by atoms with E-state index in [2.05, 4.69) is 20.3 Å². The molecule has 0 unspecified atom stereocenters. The molecule has 37 heavy (non-hydrogen) atoms. The molecule has 5 aromatic rings. The number of aromatic nitrogens is 4. The molecule has 0 fully saturated rings. The van der Waals surface area contributed by atoms with Crippen LogP contribution in [0.5, 0.6) is 0 Å². The topological polar surface area (TPSA) is 116 Å². The maximum atomic E-state index is 13.1. The van der Waals surface area contributed by atoms with Gasteiger partial charge in [-0.05, 0) is 56.3 Å². The van der Waals surface area contributed by atoms with Gasteiger partial charge in [0.2, 0.25) is 5.95 Å². The Morgan fingerprint density at radius 3 is 2.62 bits per heavy atom. The first-order chi connectivity index (χ1) is 17.7. The second-order valence-electron chi connectivity index (χ2n) is 9.32. The number of carbonyl (C=O) groups excluding carboxylic acids is 2. The van der Waals surface area contributed by atoms with E-state index in [1.165, 1.54) is 11.3 Å². The Bertz CT molecular complexity index is 1560. The van der Waals surface area contributed by atoms with E-state index in [0.29, 0.717) is 27.6 Å². The number of anilines is 2. The predicted molar refractivity (Wildman–Crippen MR) is 145 cm³/mol. The Hall–Kier alpha value is -4.28. The first-order valence-corrected chi connectivity index (χ1v) is 12.5. The lowest BCUT2D eigenvalue weighted by Crippen LogP contribution is -2.27. The van der Waals surface area contributed by atoms with Crippen LogP contribution in [0.1, 0.15) is 33.9 Å². The number of benzene rings is 2. The number of H-pyrrole nitrogens is 1. The molecule has 3 N–H and O–H groups in total. The summed E-state index contributed by atoms with van der Waals surface area (Å²) in [5.41, 5.74) is 2.34. The molecule has 0 bridgehead atoms. The number of carbonyl (C=O) groups is 2. The summed E-state index contributed by atoms with van der Waals surface area (Å²) < 4.78 is 1.78. The normalized spacial score (nSPS) is 11.6. The summed E-state index contributed by atoms with van der Waals surface area (Å²) >= 11 is 1.34. The summed E-state index contributed by atoms with van der Waals surface area (Å²) in [7, 11) is 1.71. The highest BCUT2D eigenvalue weighted by atomic mass is 32.1. The lowest BCUT2D eigenvalue weighted by atomic mass is 10.1. The minimum absolute atomic E-state index is 0.143. The molecule has 10 heteroatoms. The lowest BCUT2D eigenvalue weighted by Gasteiger charge is -2.20. The fourth-order valence-corrected chi connectivity index (χ4v) is 4.89. The van der Waals surface area contributed by atoms with Crippen LogP contribution in [0.3, 0.4) is 0 Å². The number of hydrogen-bond acceptors (Lipinski definition) is 6. The molecule has 9 nitrogen and oxygen atoms in total. The van der Waals surface area contributed by atoms with Gasteiger partial charge in [-0.1, -0.05) is 18.2 Å². The number of nitrogens with zero attached hydrogens (tertiary/aromatic N) is 4. The Morgan fingerprint density at radius 1 is 1.14 bits per heavy atom. The largest absolute Gasteiger partial charge is 0.389 e. The number of hydrogen-bond donors (Lipinski definition) is 3. The van der Waals surface area contributed by atoms with Gasteiger partial charge in [-0.25, -0.2) is 9.97 Å². The molecule has 0 atom stereocenters. The Morgan fingerprint density at radius 2 is 1.92 bits per heavy atom. The molecule has 0 saturated carbocycles. The van der Waals surface area contributed by atoms with E-state index in [1.807, 2.05) is 36.4 Å². The van der Waals surface area contributed by atoms with Crippen molar-refractivity contribution in [2.24, 2.45) is 0 Å². The number of imidazole rings is 2. The van der Waals surface area contributed by atoms with Crippen molar-refractivity contribution in [3.05, 3.63) is 83.6 Å². The third-order valence-electron chi connectivity index (χ3n) is 5.81. The van der Waals surface area contributed by atoms with Gasteiger partial charge in [0.15, 0.2) is 0 Å². The van der Waals surface area contributed by atoms with Crippen molar-refractivity contribution in [1.82, 2.24) is 19.5 Å². The smallest absolute Gasteiger partial charge is 0.268 e. The Kier molecular flexibility index (Phi) is 6.36. The molecule has 0 saturated heterocycles. The van der Waals surface area contributed by atoms with Gasteiger partial charge in [0.25, 0.3) is 11.8 Å². The van der Waals surface area contributed by atoms with E-state index in [-0.39, 0.29) is 18.4 Å². The molecular formula is C27H26N6O3S. The van der Waals surface area contributed by atoms with Crippen LogP contribution < -0.4 is 10.2 Å². The van der Waals surface area contributed by atoms with Gasteiger partial charge < -0.3 is 19.6 Å². The zero-order chi connectivity index (χ0) is 26.2. The quantitative estimate of drug-likeness (QED) is 0.289. The molecule has 3 heterocycles. The maximum Gasteiger partial charge on any atom is 0.268 e. The average molecular weight is 515 g/mol. The van der Waals surface area contributed by atoms with Crippen LogP contribution in [0.2, 0.25) is 0 Å². The third kappa shape index (κ3) is 5.16. The highest BCUT2D eigenvalue weighted by Crippen LogP contribution is 2.29. The number of aliphatic hydroxyl groups is 1. The second-order valence-corrected chi connectivity index (χ2v) is 10.4. The van der Waals surface area contributed by atoms with Crippen LogP contribution in [0.4, 0.5) is 11.6 Å². The molecule has 3 aromatic heterocycles. The van der Waals surface area contributed by atoms with Crippen molar-refractivity contribution in [2.75, 3.05) is 17.3 Å². The molecule has 0 aliphatic rings. The number of rotatable bonds is 7. The van der Waals surface area contributed by atoms with Gasteiger partial charge in [-0.15, -0.1) is 11.3 Å². The van der Waals surface area contributed by atoms with Crippen LogP contribution in [0.15, 0.2) is 73.2 Å². The molecule has 0 spiro atoms. The predicted octanol–water partition coefficient (Wildman–Crippen LogP) is 4.79. The first-order valence-electron chi connectivity index (χ1n) is 11.7. The number of nitrogens with one attached hydrogen (secondary N) is 2. The minimum Gasteiger partial charge on any atom is -0.389 e. The molecule has 5 rings (SSSR count). The van der Waals surface area contributed by atoms with E-state index < -0.39 is 5.60 Å². The molecule has 0 aliphatic carbocycles. The second kappa shape index (κ2) is 9.64. The van der Waals surface area contributed by atoms with Crippen molar-refractivity contribution < 1.29 is 14.7 Å². The number of fused-ring (bicyclic) bond motifs is 1. The van der Waals surface area contributed by atoms with Crippen LogP contribution in [-0.4, -0.2) is 49.1 Å². The summed E-state index contributed by atoms with van der Waals surface area (Å²) in [6.45, 7) is 3.60. The highest BCUT2D eigenvalue weighted by Gasteiger charge is 2.23. The SMILES string of the molecule is CN(C(=O)c1ccccc1)c1ccc2c(c1)nc(NC(=O)c1ccc(-c3cnc[nH]3)s1)n2CC(C)(C)O. The van der Waals surface area contributed by atoms with E-state index >= 15 is 0 Å². The van der Waals surface area contributed by atoms with Crippen molar-refractivity contribution in [3.8, 4) is 10.6 Å². The van der Waals surface area contributed by atoms with Crippen LogP contribution in [0.25, 0.3) is 21.6 Å². The molecule has 188 valence electrons. The van der Waals surface area contributed by atoms with Gasteiger partial charge >= 0.3 is 0 Å². The fourth-order valence-electron chi connectivity index (χ4n) is 4.02. The maximum absolute atomic E-state index is 13.1. The molecule has 0 radical (unpaired) electrons. The molecular weight excluding hydrogens is 488 g/mol. The highest BCUT2D eigenvalue weighted by molar-refractivity contribution is 7.17. The standard InChI is InChI=1S/C27H26N6O3S/c1-27(2,36)15-33-21-10-9-18(32(3)25(35)17-7-5-4-6-8-17)13-19(21)30-26(33)31-24(34)23-12-11-22(37-23)20-14-28-16-29-20/h4-14,16,36H,15H2,1-3H3,(H,28,29)(H,30,31,34). The molecule has 2 aromatic carbocycles. The zero-order valence-corrected chi connectivity index (χ0v) is 21.4. The van der Waals surface area contributed by atoms with Gasteiger partial charge in [0.05, 0.1) is 51.2 Å². The molecule has 2 amide bonds. The van der Waals surface area contributed by atoms with E-state index in [0.717, 1.165) is 16.1 Å². The summed E-state index contributed by atoms with van der Waals surface area (Å²) in [6, 6.07) is 18.1. The number of aromatic amines is 1.